The molecule has 8 heteroatoms. The van der Waals surface area contributed by atoms with Gasteiger partial charge in [-0.3, -0.25) is 0 Å². The van der Waals surface area contributed by atoms with Gasteiger partial charge in [0.05, 0.1) is 0 Å². The second kappa shape index (κ2) is 6.63. The van der Waals surface area contributed by atoms with Crippen LogP contribution in [0, 0.1) is 0 Å². The van der Waals surface area contributed by atoms with Crippen molar-refractivity contribution in [1.82, 2.24) is 0 Å². The fraction of sp³-hybridized carbons (Fsp3) is 0. The first-order chi connectivity index (χ1) is 8.58. The van der Waals surface area contributed by atoms with Crippen molar-refractivity contribution in [2.75, 3.05) is 0 Å². The topological polar surface area (TPSA) is 157 Å². The van der Waals surface area contributed by atoms with Crippen LogP contribution in [0.1, 0.15) is 11.1 Å². The van der Waals surface area contributed by atoms with Gasteiger partial charge in [-0.05, 0) is 24.3 Å². The largest absolute Gasteiger partial charge is 0.365 e. The lowest BCUT2D eigenvalue weighted by Gasteiger charge is -1.89. The SMILES string of the molecule is NC(N)=N[NH+]=Cc1ccc(C=[NH+]N=C(N)N)cc1. The molecular weight excluding hydrogens is 232 g/mol. The van der Waals surface area contributed by atoms with Crippen molar-refractivity contribution in [3.63, 3.8) is 0 Å². The Kier molecular flexibility index (Phi) is 4.85. The highest BCUT2D eigenvalue weighted by Gasteiger charge is 1.94. The maximum atomic E-state index is 5.16. The molecule has 0 spiro atoms. The van der Waals surface area contributed by atoms with E-state index in [1.54, 1.807) is 12.4 Å². The van der Waals surface area contributed by atoms with Gasteiger partial charge < -0.3 is 22.9 Å². The van der Waals surface area contributed by atoms with Gasteiger partial charge in [0.25, 0.3) is 11.9 Å². The van der Waals surface area contributed by atoms with E-state index in [2.05, 4.69) is 20.4 Å². The third kappa shape index (κ3) is 5.26. The van der Waals surface area contributed by atoms with Crippen molar-refractivity contribution in [2.24, 2.45) is 33.1 Å². The van der Waals surface area contributed by atoms with E-state index in [1.807, 2.05) is 24.3 Å². The molecule has 0 unspecified atom stereocenters. The molecule has 1 rings (SSSR count). The molecule has 8 nitrogen and oxygen atoms in total. The molecular formula is C10H16N8+2. The number of nitrogens with zero attached hydrogens (tertiary/aromatic N) is 2. The minimum Gasteiger partial charge on any atom is -0.365 e. The molecule has 0 saturated carbocycles. The van der Waals surface area contributed by atoms with Gasteiger partial charge >= 0.3 is 0 Å². The molecule has 0 saturated heterocycles. The average molecular weight is 248 g/mol. The number of rotatable bonds is 4. The zero-order valence-corrected chi connectivity index (χ0v) is 9.67. The fourth-order valence-corrected chi connectivity index (χ4v) is 1.05. The summed E-state index contributed by atoms with van der Waals surface area (Å²) < 4.78 is 0. The van der Waals surface area contributed by atoms with Gasteiger partial charge in [0.2, 0.25) is 12.4 Å². The van der Waals surface area contributed by atoms with Crippen LogP contribution in [0.25, 0.3) is 0 Å². The summed E-state index contributed by atoms with van der Waals surface area (Å²) in [6, 6.07) is 7.49. The molecule has 0 amide bonds. The number of guanidine groups is 2. The Labute approximate surface area is 104 Å². The first kappa shape index (κ1) is 13.2. The number of nitrogens with one attached hydrogen (secondary N) is 2. The average Bonchev–Trinajstić information content (AvgIpc) is 2.30. The van der Waals surface area contributed by atoms with Gasteiger partial charge in [-0.25, -0.2) is 0 Å². The van der Waals surface area contributed by atoms with Gasteiger partial charge in [-0.1, -0.05) is 0 Å². The first-order valence-corrected chi connectivity index (χ1v) is 5.03. The summed E-state index contributed by atoms with van der Waals surface area (Å²) in [5.41, 5.74) is 22.5. The molecule has 0 fully saturated rings. The molecule has 0 aliphatic heterocycles. The molecule has 0 aromatic heterocycles. The van der Waals surface area contributed by atoms with Crippen LogP contribution in [0.15, 0.2) is 34.5 Å². The number of hydrazone groups is 2. The van der Waals surface area contributed by atoms with Gasteiger partial charge in [-0.15, -0.1) is 10.2 Å². The molecule has 0 bridgehead atoms. The van der Waals surface area contributed by atoms with Crippen LogP contribution >= 0.6 is 0 Å². The van der Waals surface area contributed by atoms with E-state index in [4.69, 9.17) is 22.9 Å². The Morgan fingerprint density at radius 2 is 1.11 bits per heavy atom. The lowest BCUT2D eigenvalue weighted by Crippen LogP contribution is -2.64. The van der Waals surface area contributed by atoms with Crippen molar-refractivity contribution in [3.05, 3.63) is 35.4 Å². The molecule has 0 aliphatic rings. The fourth-order valence-electron chi connectivity index (χ4n) is 1.05. The van der Waals surface area contributed by atoms with E-state index < -0.39 is 0 Å². The van der Waals surface area contributed by atoms with Crippen LogP contribution in [-0.4, -0.2) is 24.3 Å². The van der Waals surface area contributed by atoms with Crippen LogP contribution in [0.3, 0.4) is 0 Å². The Morgan fingerprint density at radius 3 is 1.39 bits per heavy atom. The Morgan fingerprint density at radius 1 is 0.778 bits per heavy atom. The van der Waals surface area contributed by atoms with Crippen LogP contribution in [-0.2, 0) is 0 Å². The zero-order valence-electron chi connectivity index (χ0n) is 9.67. The lowest BCUT2D eigenvalue weighted by atomic mass is 10.2. The van der Waals surface area contributed by atoms with E-state index in [1.165, 1.54) is 0 Å². The Balaban J connectivity index is 2.69. The summed E-state index contributed by atoms with van der Waals surface area (Å²) in [4.78, 5) is 0. The standard InChI is InChI=1S/C10H14N8/c11-9(12)17-15-5-7-1-2-8(4-3-7)6-16-18-10(13)14/h1-6H,(H4,11,12,17)(H4,13,14,18)/p+2. The highest BCUT2D eigenvalue weighted by molar-refractivity contribution is 5.80. The first-order valence-electron chi connectivity index (χ1n) is 5.03. The van der Waals surface area contributed by atoms with E-state index in [0.29, 0.717) is 0 Å². The predicted octanol–water partition coefficient (Wildman–Crippen LogP) is -4.94. The summed E-state index contributed by atoms with van der Waals surface area (Å²) in [6.07, 6.45) is 3.32. The molecule has 94 valence electrons. The summed E-state index contributed by atoms with van der Waals surface area (Å²) in [6.45, 7) is 0. The van der Waals surface area contributed by atoms with E-state index in [-0.39, 0.29) is 11.9 Å². The Hall–Kier alpha value is -2.90. The van der Waals surface area contributed by atoms with Crippen molar-refractivity contribution in [3.8, 4) is 0 Å². The van der Waals surface area contributed by atoms with E-state index in [9.17, 15) is 0 Å². The highest BCUT2D eigenvalue weighted by Crippen LogP contribution is 1.97. The van der Waals surface area contributed by atoms with Crippen LogP contribution in [0.5, 0.6) is 0 Å². The monoisotopic (exact) mass is 248 g/mol. The predicted molar refractivity (Wildman–Crippen MR) is 70.3 cm³/mol. The van der Waals surface area contributed by atoms with Gasteiger partial charge in [0, 0.05) is 21.3 Å². The maximum Gasteiger partial charge on any atom is 0.256 e. The number of benzene rings is 1. The maximum absolute atomic E-state index is 5.16. The second-order valence-electron chi connectivity index (χ2n) is 3.29. The molecule has 0 atom stereocenters. The minimum atomic E-state index is -0.0300. The van der Waals surface area contributed by atoms with Gasteiger partial charge in [0.15, 0.2) is 0 Å². The van der Waals surface area contributed by atoms with Crippen molar-refractivity contribution in [2.45, 2.75) is 0 Å². The molecule has 0 radical (unpaired) electrons. The normalized spacial score (nSPS) is 10.7. The minimum absolute atomic E-state index is 0.0300. The highest BCUT2D eigenvalue weighted by atomic mass is 15.3. The van der Waals surface area contributed by atoms with Crippen LogP contribution < -0.4 is 33.1 Å². The smallest absolute Gasteiger partial charge is 0.256 e. The van der Waals surface area contributed by atoms with Crippen molar-refractivity contribution in [1.29, 1.82) is 0 Å². The molecule has 0 heterocycles. The molecule has 0 aliphatic carbocycles. The molecule has 1 aromatic carbocycles. The van der Waals surface area contributed by atoms with Crippen LogP contribution in [0.2, 0.25) is 0 Å². The van der Waals surface area contributed by atoms with Gasteiger partial charge in [-0.2, -0.15) is 0 Å². The van der Waals surface area contributed by atoms with E-state index >= 15 is 0 Å². The lowest BCUT2D eigenvalue weighted by molar-refractivity contribution is -0.457. The third-order valence-corrected chi connectivity index (χ3v) is 1.79. The number of hydrogen-bond donors (Lipinski definition) is 6. The summed E-state index contributed by atoms with van der Waals surface area (Å²) in [5, 5.41) is 12.4. The number of hydrogen-bond acceptors (Lipinski definition) is 2. The van der Waals surface area contributed by atoms with Crippen LogP contribution in [0.4, 0.5) is 0 Å². The zero-order chi connectivity index (χ0) is 13.4. The third-order valence-electron chi connectivity index (χ3n) is 1.79. The quantitative estimate of drug-likeness (QED) is 0.179. The molecule has 1 aromatic rings. The Bertz CT molecular complexity index is 442. The van der Waals surface area contributed by atoms with E-state index in [0.717, 1.165) is 11.1 Å². The summed E-state index contributed by atoms with van der Waals surface area (Å²) >= 11 is 0. The van der Waals surface area contributed by atoms with Crippen molar-refractivity contribution >= 4 is 24.3 Å². The second-order valence-corrected chi connectivity index (χ2v) is 3.29. The summed E-state index contributed by atoms with van der Waals surface area (Å²) in [7, 11) is 0. The number of nitrogens with two attached hydrogens (primary N) is 4. The van der Waals surface area contributed by atoms with Gasteiger partial charge in [0.1, 0.15) is 0 Å². The molecule has 10 N–H and O–H groups in total. The summed E-state index contributed by atoms with van der Waals surface area (Å²) in [5.74, 6) is -0.0599. The molecule has 18 heavy (non-hydrogen) atoms. The van der Waals surface area contributed by atoms with Crippen molar-refractivity contribution < 1.29 is 10.2 Å².